The van der Waals surface area contributed by atoms with Crippen molar-refractivity contribution in [3.8, 4) is 0 Å². The van der Waals surface area contributed by atoms with Gasteiger partial charge in [-0.1, -0.05) is 0 Å². The molecule has 94 valence electrons. The normalized spacial score (nSPS) is 27.4. The zero-order valence-electron chi connectivity index (χ0n) is 10.6. The van der Waals surface area contributed by atoms with Crippen LogP contribution < -0.4 is 10.6 Å². The first-order valence-corrected chi connectivity index (χ1v) is 6.19. The summed E-state index contributed by atoms with van der Waals surface area (Å²) in [7, 11) is 1.68. The van der Waals surface area contributed by atoms with Crippen LogP contribution in [-0.4, -0.2) is 37.7 Å². The highest BCUT2D eigenvalue weighted by molar-refractivity contribution is 5.82. The van der Waals surface area contributed by atoms with Crippen molar-refractivity contribution in [3.63, 3.8) is 0 Å². The number of hydrogen-bond acceptors (Lipinski definition) is 3. The number of ether oxygens (including phenoxy) is 1. The molecule has 0 aromatic carbocycles. The van der Waals surface area contributed by atoms with Gasteiger partial charge in [0.2, 0.25) is 5.91 Å². The largest absolute Gasteiger partial charge is 0.385 e. The number of methoxy groups -OCH3 is 1. The van der Waals surface area contributed by atoms with Crippen LogP contribution in [0.15, 0.2) is 0 Å². The maximum absolute atomic E-state index is 11.9. The summed E-state index contributed by atoms with van der Waals surface area (Å²) in [6.45, 7) is 4.84. The number of carbonyl (C=O) groups excluding carboxylic acids is 1. The molecule has 3 unspecified atom stereocenters. The van der Waals surface area contributed by atoms with Crippen LogP contribution in [0.4, 0.5) is 0 Å². The van der Waals surface area contributed by atoms with Gasteiger partial charge < -0.3 is 15.4 Å². The average Bonchev–Trinajstić information content (AvgIpc) is 2.26. The molecule has 2 N–H and O–H groups in total. The van der Waals surface area contributed by atoms with Crippen molar-refractivity contribution >= 4 is 5.91 Å². The summed E-state index contributed by atoms with van der Waals surface area (Å²) in [5.41, 5.74) is 0. The van der Waals surface area contributed by atoms with Gasteiger partial charge in [0.1, 0.15) is 0 Å². The van der Waals surface area contributed by atoms with Gasteiger partial charge in [-0.15, -0.1) is 0 Å². The van der Waals surface area contributed by atoms with Gasteiger partial charge in [0.25, 0.3) is 0 Å². The molecule has 16 heavy (non-hydrogen) atoms. The SMILES string of the molecule is COCCC(C)NC(=O)C1CCCC(C)N1. The highest BCUT2D eigenvalue weighted by atomic mass is 16.5. The van der Waals surface area contributed by atoms with E-state index in [0.717, 1.165) is 19.3 Å². The Morgan fingerprint density at radius 2 is 2.31 bits per heavy atom. The molecular weight excluding hydrogens is 204 g/mol. The Morgan fingerprint density at radius 3 is 2.94 bits per heavy atom. The van der Waals surface area contributed by atoms with E-state index < -0.39 is 0 Å². The summed E-state index contributed by atoms with van der Waals surface area (Å²) in [6, 6.07) is 0.638. The lowest BCUT2D eigenvalue weighted by Crippen LogP contribution is -2.51. The minimum atomic E-state index is -0.00579. The lowest BCUT2D eigenvalue weighted by molar-refractivity contribution is -0.124. The summed E-state index contributed by atoms with van der Waals surface area (Å²) in [6.07, 6.45) is 4.12. The summed E-state index contributed by atoms with van der Waals surface area (Å²) in [5, 5.41) is 6.36. The van der Waals surface area contributed by atoms with Crippen LogP contribution in [0.5, 0.6) is 0 Å². The fraction of sp³-hybridized carbons (Fsp3) is 0.917. The molecule has 0 spiro atoms. The van der Waals surface area contributed by atoms with Gasteiger partial charge in [-0.2, -0.15) is 0 Å². The van der Waals surface area contributed by atoms with Crippen molar-refractivity contribution in [3.05, 3.63) is 0 Å². The van der Waals surface area contributed by atoms with Crippen molar-refractivity contribution < 1.29 is 9.53 Å². The molecule has 0 aromatic rings. The van der Waals surface area contributed by atoms with Crippen molar-refractivity contribution in [2.24, 2.45) is 0 Å². The summed E-state index contributed by atoms with van der Waals surface area (Å²) >= 11 is 0. The average molecular weight is 228 g/mol. The van der Waals surface area contributed by atoms with Crippen LogP contribution in [0, 0.1) is 0 Å². The number of nitrogens with one attached hydrogen (secondary N) is 2. The van der Waals surface area contributed by atoms with Crippen molar-refractivity contribution in [2.75, 3.05) is 13.7 Å². The van der Waals surface area contributed by atoms with E-state index in [1.54, 1.807) is 7.11 Å². The molecule has 0 aromatic heterocycles. The highest BCUT2D eigenvalue weighted by Crippen LogP contribution is 2.12. The minimum absolute atomic E-state index is 0.00579. The molecule has 0 aliphatic carbocycles. The number of hydrogen-bond donors (Lipinski definition) is 2. The molecule has 1 amide bonds. The van der Waals surface area contributed by atoms with Gasteiger partial charge in [-0.05, 0) is 39.5 Å². The van der Waals surface area contributed by atoms with Gasteiger partial charge >= 0.3 is 0 Å². The van der Waals surface area contributed by atoms with E-state index in [-0.39, 0.29) is 18.0 Å². The smallest absolute Gasteiger partial charge is 0.237 e. The molecular formula is C12H24N2O2. The third-order valence-electron chi connectivity index (χ3n) is 3.08. The van der Waals surface area contributed by atoms with Crippen LogP contribution in [0.1, 0.15) is 39.5 Å². The Labute approximate surface area is 98.1 Å². The molecule has 1 aliphatic heterocycles. The number of rotatable bonds is 5. The Balaban J connectivity index is 2.27. The Kier molecular flexibility index (Phi) is 5.77. The van der Waals surface area contributed by atoms with Crippen LogP contribution in [0.3, 0.4) is 0 Å². The van der Waals surface area contributed by atoms with Gasteiger partial charge in [-0.3, -0.25) is 4.79 Å². The Bertz CT molecular complexity index is 221. The first-order valence-electron chi connectivity index (χ1n) is 6.19. The monoisotopic (exact) mass is 228 g/mol. The zero-order chi connectivity index (χ0) is 12.0. The van der Waals surface area contributed by atoms with Gasteiger partial charge in [0.05, 0.1) is 6.04 Å². The third-order valence-corrected chi connectivity index (χ3v) is 3.08. The Morgan fingerprint density at radius 1 is 1.56 bits per heavy atom. The molecule has 4 heteroatoms. The standard InChI is InChI=1S/C12H24N2O2/c1-9-5-4-6-11(13-9)12(15)14-10(2)7-8-16-3/h9-11,13H,4-8H2,1-3H3,(H,14,15). The van der Waals surface area contributed by atoms with E-state index in [4.69, 9.17) is 4.74 Å². The number of carbonyl (C=O) groups is 1. The van der Waals surface area contributed by atoms with E-state index in [9.17, 15) is 4.79 Å². The van der Waals surface area contributed by atoms with Crippen molar-refractivity contribution in [1.82, 2.24) is 10.6 Å². The van der Waals surface area contributed by atoms with E-state index in [2.05, 4.69) is 17.6 Å². The second kappa shape index (κ2) is 6.86. The van der Waals surface area contributed by atoms with E-state index >= 15 is 0 Å². The van der Waals surface area contributed by atoms with E-state index in [1.165, 1.54) is 6.42 Å². The molecule has 1 fully saturated rings. The maximum Gasteiger partial charge on any atom is 0.237 e. The third kappa shape index (κ3) is 4.49. The number of piperidine rings is 1. The topological polar surface area (TPSA) is 50.4 Å². The summed E-state index contributed by atoms with van der Waals surface area (Å²) in [5.74, 6) is 0.134. The molecule has 1 rings (SSSR count). The predicted octanol–water partition coefficient (Wildman–Crippen LogP) is 1.06. The van der Waals surface area contributed by atoms with Gasteiger partial charge in [0, 0.05) is 25.8 Å². The Hall–Kier alpha value is -0.610. The predicted molar refractivity (Wildman–Crippen MR) is 64.3 cm³/mol. The maximum atomic E-state index is 11.9. The molecule has 1 aliphatic rings. The lowest BCUT2D eigenvalue weighted by Gasteiger charge is -2.28. The molecule has 1 saturated heterocycles. The molecule has 3 atom stereocenters. The second-order valence-electron chi connectivity index (χ2n) is 4.74. The first-order chi connectivity index (χ1) is 7.63. The van der Waals surface area contributed by atoms with Crippen LogP contribution in [0.2, 0.25) is 0 Å². The van der Waals surface area contributed by atoms with Crippen molar-refractivity contribution in [2.45, 2.75) is 57.7 Å². The molecule has 4 nitrogen and oxygen atoms in total. The fourth-order valence-corrected chi connectivity index (χ4v) is 2.06. The van der Waals surface area contributed by atoms with Crippen LogP contribution in [-0.2, 0) is 9.53 Å². The first kappa shape index (κ1) is 13.5. The van der Waals surface area contributed by atoms with Crippen molar-refractivity contribution in [1.29, 1.82) is 0 Å². The van der Waals surface area contributed by atoms with Crippen LogP contribution in [0.25, 0.3) is 0 Å². The molecule has 1 heterocycles. The molecule has 0 radical (unpaired) electrons. The minimum Gasteiger partial charge on any atom is -0.385 e. The number of amides is 1. The summed E-state index contributed by atoms with van der Waals surface area (Å²) < 4.78 is 4.99. The molecule has 0 bridgehead atoms. The van der Waals surface area contributed by atoms with Crippen LogP contribution >= 0.6 is 0 Å². The van der Waals surface area contributed by atoms with Gasteiger partial charge in [0.15, 0.2) is 0 Å². The van der Waals surface area contributed by atoms with E-state index in [0.29, 0.717) is 12.6 Å². The summed E-state index contributed by atoms with van der Waals surface area (Å²) in [4.78, 5) is 11.9. The molecule has 0 saturated carbocycles. The van der Waals surface area contributed by atoms with E-state index in [1.807, 2.05) is 6.92 Å². The quantitative estimate of drug-likeness (QED) is 0.739. The second-order valence-corrected chi connectivity index (χ2v) is 4.74. The fourth-order valence-electron chi connectivity index (χ4n) is 2.06. The zero-order valence-corrected chi connectivity index (χ0v) is 10.6. The highest BCUT2D eigenvalue weighted by Gasteiger charge is 2.24. The lowest BCUT2D eigenvalue weighted by atomic mass is 9.99. The van der Waals surface area contributed by atoms with Gasteiger partial charge in [-0.25, -0.2) is 0 Å².